The lowest BCUT2D eigenvalue weighted by atomic mass is 9.83. The minimum Gasteiger partial charge on any atom is -0.508 e. The van der Waals surface area contributed by atoms with Crippen molar-refractivity contribution < 1.29 is 14.6 Å². The van der Waals surface area contributed by atoms with Gasteiger partial charge in [0.1, 0.15) is 11.4 Å². The van der Waals surface area contributed by atoms with Crippen LogP contribution in [0.3, 0.4) is 0 Å². The van der Waals surface area contributed by atoms with Crippen LogP contribution < -0.4 is 10.6 Å². The van der Waals surface area contributed by atoms with Gasteiger partial charge in [0, 0.05) is 54.6 Å². The molecule has 220 valence electrons. The molecule has 2 unspecified atom stereocenters. The predicted molar refractivity (Wildman–Crippen MR) is 167 cm³/mol. The highest BCUT2D eigenvalue weighted by molar-refractivity contribution is 6.02. The molecular weight excluding hydrogens is 524 g/mol. The summed E-state index contributed by atoms with van der Waals surface area (Å²) in [5.41, 5.74) is 5.00. The standard InChI is InChI=1S/C35H42N4O3/c40-29-15-13-27(14-16-29)32(26-8-2-1-3-9-26)33-30-11-4-5-12-31(30)39(21-17-28-10-6-18-36-28)34(33)35(41)37-19-7-20-38-22-24-42-25-23-38/h1-5,8-9,11-16,28,32,36,40H,6-7,10,17-25H2,(H,37,41). The second-order valence-electron chi connectivity index (χ2n) is 11.5. The fourth-order valence-electron chi connectivity index (χ4n) is 6.64. The lowest BCUT2D eigenvalue weighted by Gasteiger charge is -2.26. The molecule has 3 aromatic carbocycles. The lowest BCUT2D eigenvalue weighted by Crippen LogP contribution is -2.38. The molecule has 42 heavy (non-hydrogen) atoms. The topological polar surface area (TPSA) is 78.8 Å². The number of fused-ring (bicyclic) bond motifs is 1. The number of rotatable bonds is 11. The van der Waals surface area contributed by atoms with Crippen LogP contribution in [0.2, 0.25) is 0 Å². The van der Waals surface area contributed by atoms with E-state index in [0.29, 0.717) is 12.6 Å². The number of aromatic hydroxyl groups is 1. The molecule has 3 N–H and O–H groups in total. The maximum atomic E-state index is 14.3. The number of nitrogens with zero attached hydrogens (tertiary/aromatic N) is 2. The van der Waals surface area contributed by atoms with E-state index < -0.39 is 0 Å². The minimum absolute atomic E-state index is 0.0257. The van der Waals surface area contributed by atoms with Gasteiger partial charge in [-0.2, -0.15) is 0 Å². The molecule has 2 saturated heterocycles. The van der Waals surface area contributed by atoms with Crippen LogP contribution in [-0.4, -0.2) is 72.5 Å². The number of aromatic nitrogens is 1. The Labute approximate surface area is 248 Å². The number of amides is 1. The molecule has 0 aliphatic carbocycles. The third kappa shape index (κ3) is 6.38. The summed E-state index contributed by atoms with van der Waals surface area (Å²) in [7, 11) is 0. The highest BCUT2D eigenvalue weighted by atomic mass is 16.5. The number of hydrogen-bond donors (Lipinski definition) is 3. The molecule has 6 rings (SSSR count). The normalized spacial score (nSPS) is 18.3. The zero-order valence-electron chi connectivity index (χ0n) is 24.3. The average molecular weight is 567 g/mol. The first-order valence-corrected chi connectivity index (χ1v) is 15.5. The smallest absolute Gasteiger partial charge is 0.268 e. The number of benzene rings is 3. The van der Waals surface area contributed by atoms with Gasteiger partial charge in [0.15, 0.2) is 0 Å². The Kier molecular flexibility index (Phi) is 9.18. The Balaban J connectivity index is 1.40. The fourth-order valence-corrected chi connectivity index (χ4v) is 6.64. The van der Waals surface area contributed by atoms with Crippen molar-refractivity contribution in [1.82, 2.24) is 20.1 Å². The van der Waals surface area contributed by atoms with Crippen LogP contribution >= 0.6 is 0 Å². The van der Waals surface area contributed by atoms with Crippen molar-refractivity contribution in [3.63, 3.8) is 0 Å². The lowest BCUT2D eigenvalue weighted by molar-refractivity contribution is 0.0374. The maximum Gasteiger partial charge on any atom is 0.268 e. The van der Waals surface area contributed by atoms with Gasteiger partial charge in [-0.3, -0.25) is 9.69 Å². The first kappa shape index (κ1) is 28.5. The predicted octanol–water partition coefficient (Wildman–Crippen LogP) is 5.12. The quantitative estimate of drug-likeness (QED) is 0.220. The molecule has 2 atom stereocenters. The van der Waals surface area contributed by atoms with Crippen LogP contribution in [0.5, 0.6) is 5.75 Å². The van der Waals surface area contributed by atoms with Crippen molar-refractivity contribution in [3.05, 3.63) is 101 Å². The first-order chi connectivity index (χ1) is 20.7. The van der Waals surface area contributed by atoms with E-state index in [1.54, 1.807) is 12.1 Å². The minimum atomic E-state index is -0.170. The zero-order chi connectivity index (χ0) is 28.7. The molecule has 2 aliphatic rings. The van der Waals surface area contributed by atoms with E-state index >= 15 is 0 Å². The van der Waals surface area contributed by atoms with Crippen LogP contribution in [0.4, 0.5) is 0 Å². The largest absolute Gasteiger partial charge is 0.508 e. The van der Waals surface area contributed by atoms with Crippen molar-refractivity contribution in [2.75, 3.05) is 45.9 Å². The zero-order valence-corrected chi connectivity index (χ0v) is 24.3. The summed E-state index contributed by atoms with van der Waals surface area (Å²) < 4.78 is 7.75. The highest BCUT2D eigenvalue weighted by Crippen LogP contribution is 2.40. The third-order valence-electron chi connectivity index (χ3n) is 8.78. The molecule has 0 radical (unpaired) electrons. The number of para-hydroxylation sites is 1. The van der Waals surface area contributed by atoms with E-state index in [4.69, 9.17) is 4.74 Å². The van der Waals surface area contributed by atoms with Crippen molar-refractivity contribution in [3.8, 4) is 5.75 Å². The summed E-state index contributed by atoms with van der Waals surface area (Å²) in [6, 6.07) is 26.7. The van der Waals surface area contributed by atoms with E-state index in [1.807, 2.05) is 18.2 Å². The van der Waals surface area contributed by atoms with Crippen LogP contribution in [0.25, 0.3) is 10.9 Å². The number of hydrogen-bond acceptors (Lipinski definition) is 5. The van der Waals surface area contributed by atoms with Crippen molar-refractivity contribution in [1.29, 1.82) is 0 Å². The molecule has 0 saturated carbocycles. The van der Waals surface area contributed by atoms with Gasteiger partial charge >= 0.3 is 0 Å². The number of morpholine rings is 1. The van der Waals surface area contributed by atoms with Gasteiger partial charge in [-0.25, -0.2) is 0 Å². The number of carbonyl (C=O) groups is 1. The van der Waals surface area contributed by atoms with Gasteiger partial charge < -0.3 is 25.0 Å². The van der Waals surface area contributed by atoms with Gasteiger partial charge in [-0.15, -0.1) is 0 Å². The van der Waals surface area contributed by atoms with E-state index in [0.717, 1.165) is 92.1 Å². The molecule has 1 aromatic heterocycles. The van der Waals surface area contributed by atoms with Crippen molar-refractivity contribution in [2.24, 2.45) is 0 Å². The van der Waals surface area contributed by atoms with Gasteiger partial charge in [0.25, 0.3) is 5.91 Å². The number of carbonyl (C=O) groups excluding carboxylic acids is 1. The van der Waals surface area contributed by atoms with E-state index in [1.165, 1.54) is 12.8 Å². The SMILES string of the molecule is O=C(NCCCN1CCOCC1)c1c(C(c2ccccc2)c2ccc(O)cc2)c2ccccc2n1CCC1CCCN1. The first-order valence-electron chi connectivity index (χ1n) is 15.5. The number of ether oxygens (including phenoxy) is 1. The molecule has 7 nitrogen and oxygen atoms in total. The molecule has 4 aromatic rings. The summed E-state index contributed by atoms with van der Waals surface area (Å²) in [5, 5.41) is 18.1. The molecule has 2 aliphatic heterocycles. The fraction of sp³-hybridized carbons (Fsp3) is 0.400. The molecule has 0 spiro atoms. The van der Waals surface area contributed by atoms with Gasteiger partial charge in [-0.05, 0) is 68.1 Å². The second-order valence-corrected chi connectivity index (χ2v) is 11.5. The van der Waals surface area contributed by atoms with Crippen molar-refractivity contribution in [2.45, 2.75) is 44.2 Å². The van der Waals surface area contributed by atoms with E-state index in [-0.39, 0.29) is 17.6 Å². The molecule has 2 fully saturated rings. The second kappa shape index (κ2) is 13.6. The molecule has 7 heteroatoms. The summed E-state index contributed by atoms with van der Waals surface area (Å²) in [4.78, 5) is 16.7. The van der Waals surface area contributed by atoms with Crippen LogP contribution in [0.15, 0.2) is 78.9 Å². The molecule has 3 heterocycles. The number of nitrogens with one attached hydrogen (secondary N) is 2. The number of phenols is 1. The van der Waals surface area contributed by atoms with Gasteiger partial charge in [0.05, 0.1) is 13.2 Å². The average Bonchev–Trinajstić information content (AvgIpc) is 3.67. The van der Waals surface area contributed by atoms with Gasteiger partial charge in [-0.1, -0.05) is 60.7 Å². The highest BCUT2D eigenvalue weighted by Gasteiger charge is 2.30. The number of aryl methyl sites for hydroxylation is 1. The third-order valence-corrected chi connectivity index (χ3v) is 8.78. The Hall–Kier alpha value is -3.65. The molecule has 1 amide bonds. The Bertz CT molecular complexity index is 1460. The van der Waals surface area contributed by atoms with Gasteiger partial charge in [0.2, 0.25) is 0 Å². The summed E-state index contributed by atoms with van der Waals surface area (Å²) in [6.45, 7) is 6.87. The van der Waals surface area contributed by atoms with Crippen LogP contribution in [-0.2, 0) is 11.3 Å². The van der Waals surface area contributed by atoms with Crippen molar-refractivity contribution >= 4 is 16.8 Å². The van der Waals surface area contributed by atoms with E-state index in [9.17, 15) is 9.90 Å². The summed E-state index contributed by atoms with van der Waals surface area (Å²) >= 11 is 0. The molecular formula is C35H42N4O3. The summed E-state index contributed by atoms with van der Waals surface area (Å²) in [6.07, 6.45) is 4.25. The Morgan fingerprint density at radius 3 is 2.45 bits per heavy atom. The Morgan fingerprint density at radius 2 is 1.69 bits per heavy atom. The monoisotopic (exact) mass is 566 g/mol. The van der Waals surface area contributed by atoms with Crippen LogP contribution in [0, 0.1) is 0 Å². The molecule has 0 bridgehead atoms. The maximum absolute atomic E-state index is 14.3. The number of phenolic OH excluding ortho intramolecular Hbond substituents is 1. The summed E-state index contributed by atoms with van der Waals surface area (Å²) in [5.74, 6) is 0.0363. The Morgan fingerprint density at radius 1 is 0.952 bits per heavy atom. The van der Waals surface area contributed by atoms with Crippen LogP contribution in [0.1, 0.15) is 58.8 Å². The van der Waals surface area contributed by atoms with E-state index in [2.05, 4.69) is 68.6 Å².